The maximum absolute atomic E-state index is 13.1. The lowest BCUT2D eigenvalue weighted by atomic mass is 9.70. The minimum absolute atomic E-state index is 0.0126. The third kappa shape index (κ3) is 4.69. The SMILES string of the molecule is O=C(COc1ccccc1)N1CCC2(CC1)CN(C(=O)Cc1ccccc1)CC2c1ncco1. The minimum atomic E-state index is -0.145. The highest BCUT2D eigenvalue weighted by Crippen LogP contribution is 2.49. The van der Waals surface area contributed by atoms with Crippen molar-refractivity contribution in [3.8, 4) is 5.75 Å². The minimum Gasteiger partial charge on any atom is -0.484 e. The van der Waals surface area contributed by atoms with E-state index in [2.05, 4.69) is 4.98 Å². The van der Waals surface area contributed by atoms with Gasteiger partial charge in [-0.25, -0.2) is 4.98 Å². The van der Waals surface area contributed by atoms with Crippen LogP contribution < -0.4 is 4.74 Å². The summed E-state index contributed by atoms with van der Waals surface area (Å²) in [7, 11) is 0. The number of rotatable bonds is 6. The fourth-order valence-electron chi connectivity index (χ4n) is 5.25. The van der Waals surface area contributed by atoms with Gasteiger partial charge in [0.15, 0.2) is 12.5 Å². The molecule has 176 valence electrons. The molecule has 2 saturated heterocycles. The van der Waals surface area contributed by atoms with Crippen molar-refractivity contribution >= 4 is 11.8 Å². The van der Waals surface area contributed by atoms with Crippen molar-refractivity contribution in [1.82, 2.24) is 14.8 Å². The summed E-state index contributed by atoms with van der Waals surface area (Å²) in [5, 5.41) is 0. The summed E-state index contributed by atoms with van der Waals surface area (Å²) < 4.78 is 11.4. The Morgan fingerprint density at radius 3 is 2.35 bits per heavy atom. The van der Waals surface area contributed by atoms with E-state index in [1.807, 2.05) is 70.5 Å². The van der Waals surface area contributed by atoms with E-state index in [1.165, 1.54) is 0 Å². The van der Waals surface area contributed by atoms with Crippen LogP contribution >= 0.6 is 0 Å². The Morgan fingerprint density at radius 2 is 1.68 bits per heavy atom. The molecule has 3 aromatic rings. The molecular weight excluding hydrogens is 430 g/mol. The van der Waals surface area contributed by atoms with Crippen LogP contribution in [0.5, 0.6) is 5.75 Å². The molecule has 3 heterocycles. The Hall–Kier alpha value is -3.61. The second-order valence-corrected chi connectivity index (χ2v) is 9.20. The smallest absolute Gasteiger partial charge is 0.260 e. The monoisotopic (exact) mass is 459 g/mol. The number of carbonyl (C=O) groups is 2. The number of nitrogens with zero attached hydrogens (tertiary/aromatic N) is 3. The van der Waals surface area contributed by atoms with Crippen molar-refractivity contribution in [3.05, 3.63) is 84.6 Å². The van der Waals surface area contributed by atoms with E-state index in [1.54, 1.807) is 12.5 Å². The number of piperidine rings is 1. The predicted octanol–water partition coefficient (Wildman–Crippen LogP) is 3.53. The summed E-state index contributed by atoms with van der Waals surface area (Å²) >= 11 is 0. The molecule has 0 bridgehead atoms. The number of carbonyl (C=O) groups excluding carboxylic acids is 2. The number of oxazole rings is 1. The Kier molecular flexibility index (Phi) is 6.34. The maximum Gasteiger partial charge on any atom is 0.260 e. The highest BCUT2D eigenvalue weighted by Gasteiger charge is 2.52. The van der Waals surface area contributed by atoms with Gasteiger partial charge in [-0.2, -0.15) is 0 Å². The Labute approximate surface area is 199 Å². The van der Waals surface area contributed by atoms with Gasteiger partial charge in [-0.1, -0.05) is 48.5 Å². The van der Waals surface area contributed by atoms with Gasteiger partial charge in [0, 0.05) is 31.6 Å². The molecule has 1 atom stereocenters. The largest absolute Gasteiger partial charge is 0.484 e. The second-order valence-electron chi connectivity index (χ2n) is 9.20. The molecule has 2 fully saturated rings. The van der Waals surface area contributed by atoms with Gasteiger partial charge in [-0.3, -0.25) is 9.59 Å². The average molecular weight is 460 g/mol. The number of para-hydroxylation sites is 1. The lowest BCUT2D eigenvalue weighted by molar-refractivity contribution is -0.136. The molecule has 7 nitrogen and oxygen atoms in total. The Balaban J connectivity index is 1.24. The highest BCUT2D eigenvalue weighted by atomic mass is 16.5. The molecule has 0 radical (unpaired) electrons. The van der Waals surface area contributed by atoms with Gasteiger partial charge in [0.25, 0.3) is 5.91 Å². The molecule has 2 aliphatic heterocycles. The molecule has 0 N–H and O–H groups in total. The third-order valence-electron chi connectivity index (χ3n) is 7.17. The molecule has 2 amide bonds. The first-order chi connectivity index (χ1) is 16.6. The van der Waals surface area contributed by atoms with E-state index in [9.17, 15) is 9.59 Å². The van der Waals surface area contributed by atoms with Crippen molar-refractivity contribution in [2.75, 3.05) is 32.8 Å². The molecule has 0 aliphatic carbocycles. The maximum atomic E-state index is 13.1. The van der Waals surface area contributed by atoms with Gasteiger partial charge < -0.3 is 19.0 Å². The fraction of sp³-hybridized carbons (Fsp3) is 0.370. The lowest BCUT2D eigenvalue weighted by Crippen LogP contribution is -2.47. The highest BCUT2D eigenvalue weighted by molar-refractivity contribution is 5.79. The van der Waals surface area contributed by atoms with Gasteiger partial charge in [0.05, 0.1) is 18.5 Å². The van der Waals surface area contributed by atoms with Crippen LogP contribution in [0.15, 0.2) is 77.5 Å². The van der Waals surface area contributed by atoms with Gasteiger partial charge in [0.1, 0.15) is 12.0 Å². The number of hydrogen-bond donors (Lipinski definition) is 0. The molecule has 34 heavy (non-hydrogen) atoms. The third-order valence-corrected chi connectivity index (χ3v) is 7.17. The van der Waals surface area contributed by atoms with Crippen molar-refractivity contribution < 1.29 is 18.7 Å². The van der Waals surface area contributed by atoms with Crippen LogP contribution in [0.1, 0.15) is 30.2 Å². The molecule has 1 unspecified atom stereocenters. The first kappa shape index (κ1) is 22.2. The van der Waals surface area contributed by atoms with Crippen LogP contribution in [-0.2, 0) is 16.0 Å². The number of hydrogen-bond acceptors (Lipinski definition) is 5. The van der Waals surface area contributed by atoms with Crippen LogP contribution in [-0.4, -0.2) is 59.4 Å². The van der Waals surface area contributed by atoms with Crippen LogP contribution in [0, 0.1) is 5.41 Å². The molecule has 0 saturated carbocycles. The standard InChI is InChI=1S/C27H29N3O4/c31-24(17-21-7-3-1-4-8-21)30-18-23(26-28-13-16-33-26)27(20-30)11-14-29(15-12-27)25(32)19-34-22-9-5-2-6-10-22/h1-10,13,16,23H,11-12,14-15,17-20H2. The number of benzene rings is 2. The number of ether oxygens (including phenoxy) is 1. The van der Waals surface area contributed by atoms with E-state index < -0.39 is 0 Å². The number of likely N-dealkylation sites (tertiary alicyclic amines) is 2. The van der Waals surface area contributed by atoms with Crippen LogP contribution in [0.2, 0.25) is 0 Å². The van der Waals surface area contributed by atoms with Crippen LogP contribution in [0.25, 0.3) is 0 Å². The Bertz CT molecular complexity index is 1090. The molecule has 1 aromatic heterocycles. The molecule has 2 aliphatic rings. The van der Waals surface area contributed by atoms with Gasteiger partial charge in [-0.15, -0.1) is 0 Å². The number of aromatic nitrogens is 1. The average Bonchev–Trinajstić information content (AvgIpc) is 3.53. The summed E-state index contributed by atoms with van der Waals surface area (Å²) in [4.78, 5) is 34.2. The quantitative estimate of drug-likeness (QED) is 0.564. The van der Waals surface area contributed by atoms with E-state index >= 15 is 0 Å². The molecule has 2 aromatic carbocycles. The Morgan fingerprint density at radius 1 is 0.971 bits per heavy atom. The van der Waals surface area contributed by atoms with E-state index in [0.29, 0.717) is 44.2 Å². The summed E-state index contributed by atoms with van der Waals surface area (Å²) in [6, 6.07) is 19.2. The summed E-state index contributed by atoms with van der Waals surface area (Å²) in [6.07, 6.45) is 5.24. The van der Waals surface area contributed by atoms with Crippen LogP contribution in [0.3, 0.4) is 0 Å². The first-order valence-corrected chi connectivity index (χ1v) is 11.8. The van der Waals surface area contributed by atoms with E-state index in [0.717, 1.165) is 18.4 Å². The van der Waals surface area contributed by atoms with E-state index in [-0.39, 0.29) is 29.8 Å². The van der Waals surface area contributed by atoms with Crippen molar-refractivity contribution in [2.45, 2.75) is 25.2 Å². The normalized spacial score (nSPS) is 19.4. The van der Waals surface area contributed by atoms with E-state index in [4.69, 9.17) is 9.15 Å². The zero-order chi connectivity index (χ0) is 23.4. The van der Waals surface area contributed by atoms with Gasteiger partial charge in [-0.05, 0) is 30.5 Å². The topological polar surface area (TPSA) is 75.9 Å². The molecule has 1 spiro atoms. The molecular formula is C27H29N3O4. The zero-order valence-electron chi connectivity index (χ0n) is 19.1. The van der Waals surface area contributed by atoms with Crippen molar-refractivity contribution in [2.24, 2.45) is 5.41 Å². The number of amides is 2. The van der Waals surface area contributed by atoms with Crippen LogP contribution in [0.4, 0.5) is 0 Å². The molecule has 5 rings (SSSR count). The fourth-order valence-corrected chi connectivity index (χ4v) is 5.25. The zero-order valence-corrected chi connectivity index (χ0v) is 19.1. The summed E-state index contributed by atoms with van der Waals surface area (Å²) in [5.41, 5.74) is 0.869. The van der Waals surface area contributed by atoms with Crippen molar-refractivity contribution in [1.29, 1.82) is 0 Å². The predicted molar refractivity (Wildman–Crippen MR) is 126 cm³/mol. The van der Waals surface area contributed by atoms with Gasteiger partial charge in [0.2, 0.25) is 5.91 Å². The first-order valence-electron chi connectivity index (χ1n) is 11.8. The van der Waals surface area contributed by atoms with Crippen molar-refractivity contribution in [3.63, 3.8) is 0 Å². The lowest BCUT2D eigenvalue weighted by Gasteiger charge is -2.41. The summed E-state index contributed by atoms with van der Waals surface area (Å²) in [6.45, 7) is 2.55. The van der Waals surface area contributed by atoms with Gasteiger partial charge >= 0.3 is 0 Å². The summed E-state index contributed by atoms with van der Waals surface area (Å²) in [5.74, 6) is 1.51. The second kappa shape index (κ2) is 9.71. The molecule has 7 heteroatoms.